The molecule has 1 rings (SSSR count). The van der Waals surface area contributed by atoms with E-state index in [1.807, 2.05) is 0 Å². The Hall–Kier alpha value is -0.130. The molecule has 0 saturated heterocycles. The van der Waals surface area contributed by atoms with Crippen LogP contribution >= 0.6 is 0 Å². The average molecular weight is 192 g/mol. The second-order valence-corrected chi connectivity index (χ2v) is 4.89. The lowest BCUT2D eigenvalue weighted by molar-refractivity contribution is 0.147. The van der Waals surface area contributed by atoms with Gasteiger partial charge in [-0.05, 0) is 25.2 Å². The maximum atomic E-state index is 10.6. The monoisotopic (exact) mass is 192 g/mol. The number of primary sulfonamides is 1. The maximum absolute atomic E-state index is 10.6. The van der Waals surface area contributed by atoms with Crippen LogP contribution in [0.2, 0.25) is 0 Å². The van der Waals surface area contributed by atoms with Gasteiger partial charge in [0, 0.05) is 0 Å². The predicted octanol–water partition coefficient (Wildman–Crippen LogP) is -0.360. The van der Waals surface area contributed by atoms with Crippen LogP contribution in [0.4, 0.5) is 0 Å². The highest BCUT2D eigenvalue weighted by Gasteiger charge is 2.25. The molecule has 0 aromatic heterocycles. The molecule has 0 aromatic rings. The highest BCUT2D eigenvalue weighted by molar-refractivity contribution is 7.89. The summed E-state index contributed by atoms with van der Waals surface area (Å²) in [5.41, 5.74) is 0. The van der Waals surface area contributed by atoms with Gasteiger partial charge in [0.05, 0.1) is 11.9 Å². The van der Waals surface area contributed by atoms with Crippen LogP contribution in [0.1, 0.15) is 19.3 Å². The van der Waals surface area contributed by atoms with Crippen LogP contribution < -0.4 is 5.14 Å². The molecule has 71 valence electrons. The van der Waals surface area contributed by atoms with Gasteiger partial charge >= 0.3 is 0 Å². The molecular formula is C7H14NO3S. The van der Waals surface area contributed by atoms with Crippen LogP contribution in [0.3, 0.4) is 0 Å². The van der Waals surface area contributed by atoms with Crippen molar-refractivity contribution in [3.8, 4) is 0 Å². The zero-order valence-electron chi connectivity index (χ0n) is 6.81. The average Bonchev–Trinajstić information content (AvgIpc) is 2.29. The van der Waals surface area contributed by atoms with Crippen LogP contribution in [-0.4, -0.2) is 25.4 Å². The lowest BCUT2D eigenvalue weighted by Crippen LogP contribution is -2.22. The minimum atomic E-state index is -3.40. The largest absolute Gasteiger partial charge is 0.393 e. The molecule has 1 fully saturated rings. The molecule has 0 spiro atoms. The van der Waals surface area contributed by atoms with Crippen molar-refractivity contribution in [1.82, 2.24) is 0 Å². The van der Waals surface area contributed by atoms with Gasteiger partial charge < -0.3 is 5.11 Å². The zero-order valence-corrected chi connectivity index (χ0v) is 7.63. The zero-order chi connectivity index (χ0) is 9.19. The Morgan fingerprint density at radius 3 is 2.58 bits per heavy atom. The Kier molecular flexibility index (Phi) is 3.09. The highest BCUT2D eigenvalue weighted by atomic mass is 32.2. The van der Waals surface area contributed by atoms with E-state index in [1.165, 1.54) is 0 Å². The van der Waals surface area contributed by atoms with E-state index in [0.29, 0.717) is 0 Å². The lowest BCUT2D eigenvalue weighted by Gasteiger charge is -2.12. The standard InChI is InChI=1S/C7H14NO3S/c8-12(10,11)5-4-6-2-1-3-7(6)9/h4,6-7,9H,1-3,5H2,(H2,8,10,11). The van der Waals surface area contributed by atoms with E-state index in [4.69, 9.17) is 5.14 Å². The SMILES string of the molecule is NS(=O)(=O)C[CH]C1CCCC1O. The molecule has 5 heteroatoms. The summed E-state index contributed by atoms with van der Waals surface area (Å²) in [6.07, 6.45) is 3.84. The molecule has 1 saturated carbocycles. The van der Waals surface area contributed by atoms with Crippen molar-refractivity contribution < 1.29 is 13.5 Å². The molecular weight excluding hydrogens is 178 g/mol. The van der Waals surface area contributed by atoms with E-state index in [1.54, 1.807) is 6.42 Å². The van der Waals surface area contributed by atoms with E-state index < -0.39 is 10.0 Å². The summed E-state index contributed by atoms with van der Waals surface area (Å²) in [6, 6.07) is 0. The molecule has 0 heterocycles. The van der Waals surface area contributed by atoms with Gasteiger partial charge in [0.2, 0.25) is 10.0 Å². The fraction of sp³-hybridized carbons (Fsp3) is 0.857. The topological polar surface area (TPSA) is 80.4 Å². The number of aliphatic hydroxyl groups is 1. The molecule has 0 aromatic carbocycles. The summed E-state index contributed by atoms with van der Waals surface area (Å²) in [5, 5.41) is 14.1. The molecule has 0 aliphatic heterocycles. The summed E-state index contributed by atoms with van der Waals surface area (Å²) < 4.78 is 21.1. The quantitative estimate of drug-likeness (QED) is 0.640. The Morgan fingerprint density at radius 1 is 1.50 bits per heavy atom. The Balaban J connectivity index is 2.32. The maximum Gasteiger partial charge on any atom is 0.209 e. The highest BCUT2D eigenvalue weighted by Crippen LogP contribution is 2.27. The predicted molar refractivity (Wildman–Crippen MR) is 45.6 cm³/mol. The fourth-order valence-electron chi connectivity index (χ4n) is 1.50. The van der Waals surface area contributed by atoms with Crippen LogP contribution in [0.25, 0.3) is 0 Å². The van der Waals surface area contributed by atoms with E-state index >= 15 is 0 Å². The fourth-order valence-corrected chi connectivity index (χ4v) is 2.02. The third kappa shape index (κ3) is 3.08. The summed E-state index contributed by atoms with van der Waals surface area (Å²) in [7, 11) is -3.40. The number of hydrogen-bond acceptors (Lipinski definition) is 3. The van der Waals surface area contributed by atoms with E-state index in [9.17, 15) is 13.5 Å². The van der Waals surface area contributed by atoms with Gasteiger partial charge in [-0.3, -0.25) is 0 Å². The van der Waals surface area contributed by atoms with Gasteiger partial charge in [0.1, 0.15) is 0 Å². The smallest absolute Gasteiger partial charge is 0.209 e. The van der Waals surface area contributed by atoms with E-state index in [0.717, 1.165) is 19.3 Å². The van der Waals surface area contributed by atoms with Gasteiger partial charge in [0.15, 0.2) is 0 Å². The summed E-state index contributed by atoms with van der Waals surface area (Å²) >= 11 is 0. The molecule has 0 amide bonds. The molecule has 4 nitrogen and oxygen atoms in total. The third-order valence-electron chi connectivity index (χ3n) is 2.16. The van der Waals surface area contributed by atoms with Crippen molar-refractivity contribution in [2.45, 2.75) is 25.4 Å². The number of rotatable bonds is 3. The molecule has 12 heavy (non-hydrogen) atoms. The second-order valence-electron chi connectivity index (χ2n) is 3.23. The molecule has 1 aliphatic rings. The van der Waals surface area contributed by atoms with Crippen LogP contribution in [0.15, 0.2) is 0 Å². The second kappa shape index (κ2) is 3.72. The van der Waals surface area contributed by atoms with Gasteiger partial charge in [0.25, 0.3) is 0 Å². The molecule has 2 unspecified atom stereocenters. The normalized spacial score (nSPS) is 30.8. The van der Waals surface area contributed by atoms with Crippen LogP contribution in [0.5, 0.6) is 0 Å². The molecule has 2 atom stereocenters. The summed E-state index contributed by atoms with van der Waals surface area (Å²) in [4.78, 5) is 0. The summed E-state index contributed by atoms with van der Waals surface area (Å²) in [6.45, 7) is 0. The van der Waals surface area contributed by atoms with E-state index in [-0.39, 0.29) is 17.8 Å². The Bertz CT molecular complexity index is 237. The van der Waals surface area contributed by atoms with Crippen molar-refractivity contribution in [2.75, 3.05) is 5.75 Å². The Labute approximate surface area is 72.8 Å². The number of nitrogens with two attached hydrogens (primary N) is 1. The number of hydrogen-bond donors (Lipinski definition) is 2. The van der Waals surface area contributed by atoms with Crippen LogP contribution in [0, 0.1) is 12.3 Å². The van der Waals surface area contributed by atoms with Crippen LogP contribution in [-0.2, 0) is 10.0 Å². The van der Waals surface area contributed by atoms with Crippen molar-refractivity contribution in [2.24, 2.45) is 11.1 Å². The van der Waals surface area contributed by atoms with Gasteiger partial charge in [-0.2, -0.15) is 0 Å². The summed E-state index contributed by atoms with van der Waals surface area (Å²) in [5.74, 6) is -0.113. The molecule has 1 aliphatic carbocycles. The third-order valence-corrected chi connectivity index (χ3v) is 2.82. The van der Waals surface area contributed by atoms with Crippen molar-refractivity contribution >= 4 is 10.0 Å². The molecule has 3 N–H and O–H groups in total. The van der Waals surface area contributed by atoms with Crippen molar-refractivity contribution in [1.29, 1.82) is 0 Å². The first-order chi connectivity index (χ1) is 5.49. The first-order valence-electron chi connectivity index (χ1n) is 4.01. The van der Waals surface area contributed by atoms with Crippen molar-refractivity contribution in [3.05, 3.63) is 6.42 Å². The Morgan fingerprint density at radius 2 is 2.17 bits per heavy atom. The molecule has 1 radical (unpaired) electrons. The van der Waals surface area contributed by atoms with Crippen molar-refractivity contribution in [3.63, 3.8) is 0 Å². The van der Waals surface area contributed by atoms with Gasteiger partial charge in [-0.25, -0.2) is 13.6 Å². The first kappa shape index (κ1) is 9.95. The number of sulfonamides is 1. The molecule has 0 bridgehead atoms. The van der Waals surface area contributed by atoms with E-state index in [2.05, 4.69) is 0 Å². The lowest BCUT2D eigenvalue weighted by atomic mass is 10.0. The minimum Gasteiger partial charge on any atom is -0.393 e. The minimum absolute atomic E-state index is 0.0170. The van der Waals surface area contributed by atoms with Gasteiger partial charge in [-0.1, -0.05) is 6.42 Å². The first-order valence-corrected chi connectivity index (χ1v) is 5.72. The number of aliphatic hydroxyl groups excluding tert-OH is 1. The van der Waals surface area contributed by atoms with Gasteiger partial charge in [-0.15, -0.1) is 0 Å².